The number of aliphatic hydroxyl groups excluding tert-OH is 1. The fraction of sp³-hybridized carbons (Fsp3) is 0.200. The first kappa shape index (κ1) is 42.5. The van der Waals surface area contributed by atoms with Gasteiger partial charge in [0.25, 0.3) is 11.1 Å². The van der Waals surface area contributed by atoms with Crippen molar-refractivity contribution < 1.29 is 13.5 Å². The Morgan fingerprint density at radius 1 is 0.864 bits per heavy atom. The molecule has 0 unspecified atom stereocenters. The van der Waals surface area contributed by atoms with Crippen LogP contribution in [0.5, 0.6) is 0 Å². The Balaban J connectivity index is 0.000000555. The highest BCUT2D eigenvalue weighted by molar-refractivity contribution is 8.13. The number of halogens is 6. The van der Waals surface area contributed by atoms with Gasteiger partial charge in [-0.1, -0.05) is 72.0 Å². The van der Waals surface area contributed by atoms with E-state index in [1.807, 2.05) is 52.5 Å². The van der Waals surface area contributed by atoms with Crippen LogP contribution >= 0.6 is 103 Å². The van der Waals surface area contributed by atoms with Crippen LogP contribution in [-0.2, 0) is 28.1 Å². The van der Waals surface area contributed by atoms with E-state index >= 15 is 0 Å². The van der Waals surface area contributed by atoms with Crippen molar-refractivity contribution in [3.63, 3.8) is 0 Å². The van der Waals surface area contributed by atoms with Crippen molar-refractivity contribution in [2.45, 2.75) is 26.5 Å². The summed E-state index contributed by atoms with van der Waals surface area (Å²) in [5, 5.41) is 24.1. The summed E-state index contributed by atoms with van der Waals surface area (Å²) in [5.74, 6) is 0.650. The van der Waals surface area contributed by atoms with E-state index < -0.39 is 14.6 Å². The van der Waals surface area contributed by atoms with E-state index in [0.29, 0.717) is 12.4 Å². The van der Waals surface area contributed by atoms with Crippen molar-refractivity contribution >= 4 is 112 Å². The van der Waals surface area contributed by atoms with Gasteiger partial charge >= 0.3 is 0 Å². The molecule has 0 aliphatic heterocycles. The molecule has 0 amide bonds. The van der Waals surface area contributed by atoms with Crippen molar-refractivity contribution in [3.05, 3.63) is 120 Å². The highest BCUT2D eigenvalue weighted by Crippen LogP contribution is 2.16. The fourth-order valence-corrected chi connectivity index (χ4v) is 4.84. The second-order valence-electron chi connectivity index (χ2n) is 7.34. The Kier molecular flexibility index (Phi) is 22.1. The first-order valence-electron chi connectivity index (χ1n) is 11.2. The average molecular weight is 803 g/mol. The monoisotopic (exact) mass is 800 g/mol. The second-order valence-corrected chi connectivity index (χ2v) is 15.3. The largest absolute Gasteiger partial charge is 0.391 e. The molecule has 5 aromatic heterocycles. The van der Waals surface area contributed by atoms with Gasteiger partial charge in [0.15, 0.2) is 0 Å². The van der Waals surface area contributed by atoms with E-state index in [-0.39, 0.29) is 39.7 Å². The zero-order valence-electron chi connectivity index (χ0n) is 21.8. The van der Waals surface area contributed by atoms with Gasteiger partial charge in [-0.2, -0.15) is 10.2 Å². The molecule has 242 valence electrons. The van der Waals surface area contributed by atoms with Gasteiger partial charge < -0.3 is 5.11 Å². The number of rotatable bonds is 4. The highest BCUT2D eigenvalue weighted by Gasteiger charge is 2.07. The molecule has 9 nitrogen and oxygen atoms in total. The third kappa shape index (κ3) is 18.5. The van der Waals surface area contributed by atoms with Crippen LogP contribution in [-0.4, -0.2) is 39.8 Å². The zero-order valence-corrected chi connectivity index (χ0v) is 29.6. The van der Waals surface area contributed by atoms with Gasteiger partial charge in [0.05, 0.1) is 47.7 Å². The molecular weight excluding hydrogens is 777 g/mol. The maximum atomic E-state index is 11.6. The van der Waals surface area contributed by atoms with Crippen LogP contribution < -0.4 is 11.1 Å². The molecule has 19 heteroatoms. The van der Waals surface area contributed by atoms with Crippen LogP contribution in [0.15, 0.2) is 74.5 Å². The number of hydrogen-bond donors (Lipinski definition) is 2. The first-order chi connectivity index (χ1) is 20.3. The molecule has 44 heavy (non-hydrogen) atoms. The van der Waals surface area contributed by atoms with Gasteiger partial charge in [0.1, 0.15) is 10.0 Å². The minimum absolute atomic E-state index is 0. The van der Waals surface area contributed by atoms with Crippen LogP contribution in [0.2, 0.25) is 20.1 Å². The van der Waals surface area contributed by atoms with Crippen molar-refractivity contribution in [1.29, 1.82) is 0 Å². The zero-order chi connectivity index (χ0) is 32.4. The van der Waals surface area contributed by atoms with E-state index in [2.05, 4.69) is 26.0 Å². The van der Waals surface area contributed by atoms with Gasteiger partial charge in [0, 0.05) is 25.3 Å². The molecule has 0 bridgehead atoms. The number of hydrogen-bond acceptors (Lipinski definition) is 10. The van der Waals surface area contributed by atoms with E-state index in [1.165, 1.54) is 22.0 Å². The van der Waals surface area contributed by atoms with Gasteiger partial charge in [0.2, 0.25) is 9.05 Å². The van der Waals surface area contributed by atoms with Crippen molar-refractivity contribution in [3.8, 4) is 0 Å². The second kappa shape index (κ2) is 22.9. The minimum Gasteiger partial charge on any atom is -0.391 e. The fourth-order valence-electron chi connectivity index (χ4n) is 2.26. The van der Waals surface area contributed by atoms with Crippen LogP contribution in [0.1, 0.15) is 22.1 Å². The average Bonchev–Trinajstić information content (AvgIpc) is 3.76. The Hall–Kier alpha value is -1.49. The summed E-state index contributed by atoms with van der Waals surface area (Å²) in [6.07, 6.45) is 3.57. The summed E-state index contributed by atoms with van der Waals surface area (Å²) in [6.45, 7) is 0.602. The topological polar surface area (TPSA) is 135 Å². The lowest BCUT2D eigenvalue weighted by Gasteiger charge is -2.03. The van der Waals surface area contributed by atoms with Gasteiger partial charge in [-0.15, -0.1) is 45.6 Å². The van der Waals surface area contributed by atoms with Gasteiger partial charge in [-0.05, 0) is 34.3 Å². The summed E-state index contributed by atoms with van der Waals surface area (Å²) >= 11 is 32.4. The Morgan fingerprint density at radius 2 is 1.34 bits per heavy atom. The molecule has 0 radical (unpaired) electrons. The summed E-state index contributed by atoms with van der Waals surface area (Å²) in [7, 11) is 1.31. The number of thiophene rings is 3. The lowest BCUT2D eigenvalue weighted by Crippen LogP contribution is -2.23. The lowest BCUT2D eigenvalue weighted by molar-refractivity contribution is 0.285. The van der Waals surface area contributed by atoms with Crippen LogP contribution in [0, 0.1) is 0 Å². The number of H-pyrrole nitrogens is 1. The molecule has 0 fully saturated rings. The van der Waals surface area contributed by atoms with E-state index in [4.69, 9.17) is 63.1 Å². The quantitative estimate of drug-likeness (QED) is 0.138. The van der Waals surface area contributed by atoms with Crippen molar-refractivity contribution in [1.82, 2.24) is 20.0 Å². The maximum Gasteiger partial charge on any atom is 0.287 e. The number of nitrogens with one attached hydrogen (secondary N) is 1. The standard InChI is InChI=1S/C9H6Cl2N2OS.C5H5ClS.C5H6OS.C4H2Cl2N2O.CH3ClO2S.CH4/c10-7-4-12-13(9(14)8(7)11)5-6-2-1-3-15-6;2*6-4-5-2-1-3-7-5;5-2-1-7-8-4(9)3(2)6;1-5(2,3)4;/h1-4H,5H2;1-3H,4H2;1-3,6H,4H2;1H,(H,8,9);1H3;1H4. The predicted octanol–water partition coefficient (Wildman–Crippen LogP) is 8.28. The number of aliphatic hydroxyl groups is 1. The number of nitrogens with zero attached hydrogens (tertiary/aromatic N) is 3. The van der Waals surface area contributed by atoms with Crippen LogP contribution in [0.4, 0.5) is 0 Å². The molecule has 0 atom stereocenters. The minimum atomic E-state index is -3.19. The molecule has 0 aliphatic rings. The third-order valence-corrected chi connectivity index (χ3v) is 8.58. The Labute approximate surface area is 296 Å². The lowest BCUT2D eigenvalue weighted by atomic mass is 10.4. The van der Waals surface area contributed by atoms with Gasteiger partial charge in [-0.25, -0.2) is 18.2 Å². The normalized spacial score (nSPS) is 9.82. The molecule has 0 aliphatic carbocycles. The molecule has 2 N–H and O–H groups in total. The van der Waals surface area contributed by atoms with Crippen LogP contribution in [0.3, 0.4) is 0 Å². The highest BCUT2D eigenvalue weighted by atomic mass is 35.7. The van der Waals surface area contributed by atoms with E-state index in [9.17, 15) is 18.0 Å². The molecular formula is C25H26Cl6N4O5S4. The predicted molar refractivity (Wildman–Crippen MR) is 188 cm³/mol. The van der Waals surface area contributed by atoms with E-state index in [1.54, 1.807) is 34.0 Å². The molecule has 0 saturated carbocycles. The summed E-state index contributed by atoms with van der Waals surface area (Å²) in [4.78, 5) is 25.4. The molecule has 0 spiro atoms. The van der Waals surface area contributed by atoms with Gasteiger partial charge in [-0.3, -0.25) is 9.59 Å². The number of alkyl halides is 1. The van der Waals surface area contributed by atoms with E-state index in [0.717, 1.165) is 16.0 Å². The number of aromatic nitrogens is 4. The molecule has 5 heterocycles. The Bertz CT molecular complexity index is 1660. The molecule has 5 aromatic rings. The molecule has 0 saturated heterocycles. The first-order valence-corrected chi connectivity index (χ1v) is 18.6. The maximum absolute atomic E-state index is 11.6. The smallest absolute Gasteiger partial charge is 0.287 e. The third-order valence-electron chi connectivity index (χ3n) is 4.03. The van der Waals surface area contributed by atoms with Crippen LogP contribution in [0.25, 0.3) is 0 Å². The van der Waals surface area contributed by atoms with Crippen molar-refractivity contribution in [2.24, 2.45) is 0 Å². The molecule has 0 aromatic carbocycles. The number of aromatic amines is 1. The SMILES string of the molecule is C.CS(=O)(=O)Cl.ClCc1cccs1.O=c1[nH]ncc(Cl)c1Cl.O=c1c(Cl)c(Cl)cnn1Cc1cccs1.OCc1cccs1. The summed E-state index contributed by atoms with van der Waals surface area (Å²) < 4.78 is 20.1. The Morgan fingerprint density at radius 3 is 1.70 bits per heavy atom. The molecule has 5 rings (SSSR count). The summed E-state index contributed by atoms with van der Waals surface area (Å²) in [6, 6.07) is 11.7. The van der Waals surface area contributed by atoms with Crippen molar-refractivity contribution in [2.75, 3.05) is 6.26 Å². The summed E-state index contributed by atoms with van der Waals surface area (Å²) in [5.41, 5.74) is -0.832.